The number of carbonyl (C=O) groups is 2. The van der Waals surface area contributed by atoms with Gasteiger partial charge < -0.3 is 10.4 Å². The van der Waals surface area contributed by atoms with Crippen molar-refractivity contribution in [3.05, 3.63) is 41.4 Å². The van der Waals surface area contributed by atoms with Gasteiger partial charge in [0.05, 0.1) is 0 Å². The molecular formula is C15H16N2O3S. The maximum absolute atomic E-state index is 12.1. The van der Waals surface area contributed by atoms with E-state index in [-0.39, 0.29) is 5.69 Å². The Kier molecular flexibility index (Phi) is 4.37. The Bertz CT molecular complexity index is 654. The summed E-state index contributed by atoms with van der Waals surface area (Å²) in [7, 11) is 0. The molecule has 1 unspecified atom stereocenters. The van der Waals surface area contributed by atoms with Gasteiger partial charge in [-0.1, -0.05) is 37.3 Å². The maximum atomic E-state index is 12.1. The molecule has 110 valence electrons. The molecule has 0 saturated carbocycles. The summed E-state index contributed by atoms with van der Waals surface area (Å²) in [5.41, 5.74) is -0.119. The van der Waals surface area contributed by atoms with Crippen molar-refractivity contribution in [1.82, 2.24) is 10.3 Å². The molecule has 6 heteroatoms. The third-order valence-electron chi connectivity index (χ3n) is 3.33. The molecule has 1 aromatic carbocycles. The molecule has 1 heterocycles. The van der Waals surface area contributed by atoms with Gasteiger partial charge in [-0.25, -0.2) is 9.78 Å². The zero-order chi connectivity index (χ0) is 15.5. The molecule has 1 atom stereocenters. The number of aliphatic carboxylic acids is 1. The summed E-state index contributed by atoms with van der Waals surface area (Å²) in [6.45, 7) is 3.20. The van der Waals surface area contributed by atoms with Crippen molar-refractivity contribution in [3.8, 4) is 10.6 Å². The van der Waals surface area contributed by atoms with Crippen LogP contribution in [0.15, 0.2) is 35.7 Å². The number of hydrogen-bond donors (Lipinski definition) is 2. The predicted molar refractivity (Wildman–Crippen MR) is 81.3 cm³/mol. The van der Waals surface area contributed by atoms with E-state index >= 15 is 0 Å². The van der Waals surface area contributed by atoms with Crippen LogP contribution in [0.4, 0.5) is 0 Å². The fourth-order valence-corrected chi connectivity index (χ4v) is 2.51. The van der Waals surface area contributed by atoms with E-state index in [1.807, 2.05) is 30.3 Å². The fourth-order valence-electron chi connectivity index (χ4n) is 1.70. The third kappa shape index (κ3) is 3.28. The highest BCUT2D eigenvalue weighted by Crippen LogP contribution is 2.23. The van der Waals surface area contributed by atoms with Gasteiger partial charge in [0.2, 0.25) is 0 Å². The van der Waals surface area contributed by atoms with E-state index < -0.39 is 17.4 Å². The van der Waals surface area contributed by atoms with Gasteiger partial charge in [-0.2, -0.15) is 0 Å². The monoisotopic (exact) mass is 304 g/mol. The Morgan fingerprint density at radius 1 is 1.33 bits per heavy atom. The second kappa shape index (κ2) is 6.05. The average Bonchev–Trinajstić information content (AvgIpc) is 2.97. The number of amides is 1. The van der Waals surface area contributed by atoms with Crippen LogP contribution >= 0.6 is 11.3 Å². The summed E-state index contributed by atoms with van der Waals surface area (Å²) in [4.78, 5) is 27.6. The average molecular weight is 304 g/mol. The number of aromatic nitrogens is 1. The number of thiazole rings is 1. The van der Waals surface area contributed by atoms with Crippen molar-refractivity contribution in [1.29, 1.82) is 0 Å². The Morgan fingerprint density at radius 2 is 2.00 bits per heavy atom. The van der Waals surface area contributed by atoms with E-state index in [1.54, 1.807) is 12.3 Å². The number of rotatable bonds is 5. The van der Waals surface area contributed by atoms with E-state index in [4.69, 9.17) is 0 Å². The van der Waals surface area contributed by atoms with Crippen LogP contribution in [0.5, 0.6) is 0 Å². The number of benzene rings is 1. The lowest BCUT2D eigenvalue weighted by atomic mass is 9.99. The van der Waals surface area contributed by atoms with Crippen molar-refractivity contribution < 1.29 is 14.7 Å². The smallest absolute Gasteiger partial charge is 0.329 e. The number of carboxylic acid groups (broad SMARTS) is 1. The first-order valence-corrected chi connectivity index (χ1v) is 7.41. The molecule has 2 rings (SSSR count). The predicted octanol–water partition coefficient (Wildman–Crippen LogP) is 2.79. The van der Waals surface area contributed by atoms with Crippen LogP contribution in [0.2, 0.25) is 0 Å². The fraction of sp³-hybridized carbons (Fsp3) is 0.267. The minimum absolute atomic E-state index is 0.236. The van der Waals surface area contributed by atoms with Crippen molar-refractivity contribution in [2.24, 2.45) is 0 Å². The summed E-state index contributed by atoms with van der Waals surface area (Å²) < 4.78 is 0. The Labute approximate surface area is 126 Å². The van der Waals surface area contributed by atoms with Gasteiger partial charge in [-0.15, -0.1) is 11.3 Å². The van der Waals surface area contributed by atoms with E-state index in [1.165, 1.54) is 18.3 Å². The highest BCUT2D eigenvalue weighted by molar-refractivity contribution is 7.13. The van der Waals surface area contributed by atoms with Crippen LogP contribution in [0.25, 0.3) is 10.6 Å². The number of carbonyl (C=O) groups excluding carboxylic acids is 1. The largest absolute Gasteiger partial charge is 0.480 e. The topological polar surface area (TPSA) is 79.3 Å². The minimum atomic E-state index is -1.28. The van der Waals surface area contributed by atoms with Crippen LogP contribution in [-0.4, -0.2) is 27.5 Å². The molecule has 1 aromatic heterocycles. The second-order valence-corrected chi connectivity index (χ2v) is 5.71. The number of nitrogens with zero attached hydrogens (tertiary/aromatic N) is 1. The molecule has 0 aliphatic heterocycles. The molecule has 2 aromatic rings. The third-order valence-corrected chi connectivity index (χ3v) is 4.22. The summed E-state index contributed by atoms with van der Waals surface area (Å²) in [5, 5.41) is 14.1. The van der Waals surface area contributed by atoms with Crippen LogP contribution in [-0.2, 0) is 4.79 Å². The van der Waals surface area contributed by atoms with Crippen molar-refractivity contribution in [2.45, 2.75) is 25.8 Å². The molecular weight excluding hydrogens is 288 g/mol. The van der Waals surface area contributed by atoms with Crippen LogP contribution in [0, 0.1) is 0 Å². The van der Waals surface area contributed by atoms with E-state index in [9.17, 15) is 14.7 Å². The summed E-state index contributed by atoms with van der Waals surface area (Å²) >= 11 is 1.35. The molecule has 1 amide bonds. The Morgan fingerprint density at radius 3 is 2.57 bits per heavy atom. The van der Waals surface area contributed by atoms with Gasteiger partial charge in [-0.3, -0.25) is 4.79 Å². The van der Waals surface area contributed by atoms with Gasteiger partial charge in [0, 0.05) is 10.9 Å². The lowest BCUT2D eigenvalue weighted by molar-refractivity contribution is -0.143. The molecule has 0 bridgehead atoms. The Balaban J connectivity index is 2.18. The van der Waals surface area contributed by atoms with E-state index in [2.05, 4.69) is 10.3 Å². The Hall–Kier alpha value is -2.21. The number of carboxylic acids is 1. The standard InChI is InChI=1S/C15H16N2O3S/c1-3-15(2,14(19)20)17-12(18)11-9-21-13(16-11)10-7-5-4-6-8-10/h4-9H,3H2,1-2H3,(H,17,18)(H,19,20). The molecule has 0 radical (unpaired) electrons. The van der Waals surface area contributed by atoms with Crippen LogP contribution in [0.3, 0.4) is 0 Å². The first-order chi connectivity index (χ1) is 9.96. The number of nitrogens with one attached hydrogen (secondary N) is 1. The molecule has 5 nitrogen and oxygen atoms in total. The summed E-state index contributed by atoms with van der Waals surface area (Å²) in [5.74, 6) is -1.53. The quantitative estimate of drug-likeness (QED) is 0.890. The summed E-state index contributed by atoms with van der Waals surface area (Å²) in [6.07, 6.45) is 0.295. The van der Waals surface area contributed by atoms with E-state index in [0.29, 0.717) is 6.42 Å². The van der Waals surface area contributed by atoms with Crippen LogP contribution in [0.1, 0.15) is 30.8 Å². The first-order valence-electron chi connectivity index (χ1n) is 6.53. The lowest BCUT2D eigenvalue weighted by Gasteiger charge is -2.23. The lowest BCUT2D eigenvalue weighted by Crippen LogP contribution is -2.51. The minimum Gasteiger partial charge on any atom is -0.480 e. The molecule has 0 fully saturated rings. The highest BCUT2D eigenvalue weighted by Gasteiger charge is 2.33. The molecule has 0 aliphatic carbocycles. The maximum Gasteiger partial charge on any atom is 0.329 e. The number of hydrogen-bond acceptors (Lipinski definition) is 4. The van der Waals surface area contributed by atoms with Crippen molar-refractivity contribution in [2.75, 3.05) is 0 Å². The van der Waals surface area contributed by atoms with Gasteiger partial charge >= 0.3 is 5.97 Å². The van der Waals surface area contributed by atoms with Gasteiger partial charge in [0.15, 0.2) is 0 Å². The van der Waals surface area contributed by atoms with E-state index in [0.717, 1.165) is 10.6 Å². The zero-order valence-electron chi connectivity index (χ0n) is 11.8. The van der Waals surface area contributed by atoms with Crippen molar-refractivity contribution >= 4 is 23.2 Å². The highest BCUT2D eigenvalue weighted by atomic mass is 32.1. The van der Waals surface area contributed by atoms with Gasteiger partial charge in [0.1, 0.15) is 16.2 Å². The normalized spacial score (nSPS) is 13.4. The van der Waals surface area contributed by atoms with Crippen LogP contribution < -0.4 is 5.32 Å². The van der Waals surface area contributed by atoms with Crippen molar-refractivity contribution in [3.63, 3.8) is 0 Å². The zero-order valence-corrected chi connectivity index (χ0v) is 12.6. The molecule has 2 N–H and O–H groups in total. The first kappa shape index (κ1) is 15.2. The SMILES string of the molecule is CCC(C)(NC(=O)c1csc(-c2ccccc2)n1)C(=O)O. The second-order valence-electron chi connectivity index (χ2n) is 4.85. The molecule has 0 aliphatic rings. The van der Waals surface area contributed by atoms with Gasteiger partial charge in [0.25, 0.3) is 5.91 Å². The molecule has 0 spiro atoms. The molecule has 21 heavy (non-hydrogen) atoms. The molecule has 0 saturated heterocycles. The summed E-state index contributed by atoms with van der Waals surface area (Å²) in [6, 6.07) is 9.52. The van der Waals surface area contributed by atoms with Gasteiger partial charge in [-0.05, 0) is 13.3 Å².